The summed E-state index contributed by atoms with van der Waals surface area (Å²) in [6.45, 7) is 1.73. The molecular formula is C87H155NO18. The van der Waals surface area contributed by atoms with Gasteiger partial charge in [-0.15, -0.1) is 0 Å². The van der Waals surface area contributed by atoms with Crippen molar-refractivity contribution < 1.29 is 89.4 Å². The molecule has 3 aliphatic heterocycles. The summed E-state index contributed by atoms with van der Waals surface area (Å²) >= 11 is 0. The van der Waals surface area contributed by atoms with E-state index in [1.54, 1.807) is 0 Å². The van der Waals surface area contributed by atoms with Crippen LogP contribution in [0.1, 0.15) is 328 Å². The fourth-order valence-electron chi connectivity index (χ4n) is 14.2. The lowest BCUT2D eigenvalue weighted by atomic mass is 9.96. The smallest absolute Gasteiger partial charge is 0.220 e. The van der Waals surface area contributed by atoms with E-state index in [0.717, 1.165) is 89.9 Å². The van der Waals surface area contributed by atoms with E-state index in [0.29, 0.717) is 12.8 Å². The number of carbonyl (C=O) groups is 1. The third kappa shape index (κ3) is 45.5. The van der Waals surface area contributed by atoms with Crippen molar-refractivity contribution in [1.82, 2.24) is 5.32 Å². The van der Waals surface area contributed by atoms with E-state index in [1.165, 1.54) is 205 Å². The minimum atomic E-state index is -1.97. The molecule has 0 aromatic heterocycles. The maximum absolute atomic E-state index is 13.5. The largest absolute Gasteiger partial charge is 0.394 e. The average Bonchev–Trinajstić information content (AvgIpc) is 0.780. The van der Waals surface area contributed by atoms with Crippen molar-refractivity contribution in [2.45, 2.75) is 433 Å². The van der Waals surface area contributed by atoms with Crippen molar-refractivity contribution in [3.05, 3.63) is 85.1 Å². The van der Waals surface area contributed by atoms with Crippen LogP contribution < -0.4 is 5.32 Å². The number of hydrogen-bond donors (Lipinski definition) is 12. The molecule has 1 amide bonds. The van der Waals surface area contributed by atoms with Gasteiger partial charge < -0.3 is 89.9 Å². The number of amides is 1. The standard InChI is InChI=1S/C87H155NO18/c1-3-5-7-9-11-13-15-17-19-21-23-25-27-28-29-30-31-32-33-34-35-36-37-38-39-40-41-42-43-45-47-49-51-53-55-57-59-61-63-65-75(93)88-70(71(92)64-62-60-58-56-54-52-50-48-46-44-26-24-22-20-18-16-14-12-10-8-6-4-2)69-101-85-81(99)78(96)83(73(67-90)103-85)106-87-82(100)79(97)84(74(68-91)104-87)105-86-80(98)77(95)76(94)72(66-89)102-86/h5,7,11,13,17,19,23,25,28-29,31-32,34-35,70-74,76-87,89-92,94-100H,3-4,6,8-10,12,14-16,18,20-22,24,26-27,30,33,36-69H2,1-2H3,(H,88,93)/b7-5-,13-11-,19-17-,25-23-,29-28-,32-31-,35-34-. The molecule has 0 spiro atoms. The predicted molar refractivity (Wildman–Crippen MR) is 424 cm³/mol. The lowest BCUT2D eigenvalue weighted by molar-refractivity contribution is -0.379. The number of allylic oxidation sites excluding steroid dienone is 14. The van der Waals surface area contributed by atoms with E-state index in [-0.39, 0.29) is 18.9 Å². The average molecular weight is 1500 g/mol. The SMILES string of the molecule is CC/C=C\C/C=C\C/C=C\C/C=C\C/C=C\C/C=C\C/C=C\CCCCCCCCCCCCCCCCCCCC(=O)NC(COC1OC(CO)C(OC2OC(CO)C(OC3OC(CO)C(O)C(O)C3O)C(O)C2O)C(O)C1O)C(O)CCCCCCCCCCCCCCCCCCCCCCCC. The van der Waals surface area contributed by atoms with Crippen LogP contribution in [0.5, 0.6) is 0 Å². The number of rotatable bonds is 68. The Morgan fingerprint density at radius 2 is 0.651 bits per heavy atom. The molecule has 3 rings (SSSR count). The molecule has 0 bridgehead atoms. The van der Waals surface area contributed by atoms with Crippen LogP contribution in [0.15, 0.2) is 85.1 Å². The van der Waals surface area contributed by atoms with Gasteiger partial charge in [-0.05, 0) is 70.6 Å². The van der Waals surface area contributed by atoms with Gasteiger partial charge in [0.15, 0.2) is 18.9 Å². The Labute approximate surface area is 641 Å². The number of nitrogens with one attached hydrogen (secondary N) is 1. The topological polar surface area (TPSA) is 307 Å². The molecule has 3 fully saturated rings. The van der Waals surface area contributed by atoms with Gasteiger partial charge in [-0.25, -0.2) is 0 Å². The van der Waals surface area contributed by atoms with Crippen molar-refractivity contribution in [3.63, 3.8) is 0 Å². The van der Waals surface area contributed by atoms with Crippen molar-refractivity contribution in [2.24, 2.45) is 0 Å². The first-order valence-electron chi connectivity index (χ1n) is 42.8. The highest BCUT2D eigenvalue weighted by atomic mass is 16.8. The van der Waals surface area contributed by atoms with Crippen LogP contribution in [-0.4, -0.2) is 193 Å². The van der Waals surface area contributed by atoms with Crippen molar-refractivity contribution in [2.75, 3.05) is 26.4 Å². The number of unbranched alkanes of at least 4 members (excludes halogenated alkanes) is 38. The van der Waals surface area contributed by atoms with Crippen LogP contribution in [-0.2, 0) is 33.2 Å². The van der Waals surface area contributed by atoms with Crippen LogP contribution in [0.4, 0.5) is 0 Å². The maximum Gasteiger partial charge on any atom is 0.220 e. The Bertz CT molecular complexity index is 2240. The summed E-state index contributed by atoms with van der Waals surface area (Å²) in [4.78, 5) is 13.5. The first-order chi connectivity index (χ1) is 51.8. The summed E-state index contributed by atoms with van der Waals surface area (Å²) in [5.41, 5.74) is 0. The molecule has 0 aromatic carbocycles. The fourth-order valence-corrected chi connectivity index (χ4v) is 14.2. The summed E-state index contributed by atoms with van der Waals surface area (Å²) in [7, 11) is 0. The molecule has 106 heavy (non-hydrogen) atoms. The van der Waals surface area contributed by atoms with Crippen molar-refractivity contribution in [1.29, 1.82) is 0 Å². The first kappa shape index (κ1) is 97.2. The van der Waals surface area contributed by atoms with Crippen molar-refractivity contribution >= 4 is 5.91 Å². The molecule has 12 N–H and O–H groups in total. The molecule has 17 atom stereocenters. The van der Waals surface area contributed by atoms with E-state index in [4.69, 9.17) is 28.4 Å². The Morgan fingerprint density at radius 1 is 0.349 bits per heavy atom. The van der Waals surface area contributed by atoms with Gasteiger partial charge in [-0.1, -0.05) is 336 Å². The molecule has 0 aliphatic carbocycles. The highest BCUT2D eigenvalue weighted by molar-refractivity contribution is 5.76. The summed E-state index contributed by atoms with van der Waals surface area (Å²) in [5, 5.41) is 121. The predicted octanol–water partition coefficient (Wildman–Crippen LogP) is 15.3. The molecule has 19 heteroatoms. The highest BCUT2D eigenvalue weighted by Crippen LogP contribution is 2.33. The van der Waals surface area contributed by atoms with Crippen LogP contribution in [0.2, 0.25) is 0 Å². The Morgan fingerprint density at radius 3 is 1.02 bits per heavy atom. The van der Waals surface area contributed by atoms with Gasteiger partial charge in [0.1, 0.15) is 73.2 Å². The van der Waals surface area contributed by atoms with Gasteiger partial charge >= 0.3 is 0 Å². The molecule has 3 heterocycles. The quantitative estimate of drug-likeness (QED) is 0.0199. The number of aliphatic hydroxyl groups is 11. The number of hydrogen-bond acceptors (Lipinski definition) is 18. The third-order valence-electron chi connectivity index (χ3n) is 21.0. The molecule has 616 valence electrons. The van der Waals surface area contributed by atoms with E-state index in [1.807, 2.05) is 0 Å². The Kier molecular flexibility index (Phi) is 61.0. The van der Waals surface area contributed by atoms with E-state index >= 15 is 0 Å². The highest BCUT2D eigenvalue weighted by Gasteiger charge is 2.54. The second-order valence-electron chi connectivity index (χ2n) is 30.3. The third-order valence-corrected chi connectivity index (χ3v) is 21.0. The number of carbonyl (C=O) groups excluding carboxylic acids is 1. The minimum Gasteiger partial charge on any atom is -0.394 e. The zero-order valence-corrected chi connectivity index (χ0v) is 66.2. The molecule has 17 unspecified atom stereocenters. The van der Waals surface area contributed by atoms with E-state index in [9.17, 15) is 61.0 Å². The van der Waals surface area contributed by atoms with Gasteiger partial charge in [-0.2, -0.15) is 0 Å². The second kappa shape index (κ2) is 66.6. The van der Waals surface area contributed by atoms with Gasteiger partial charge in [0.2, 0.25) is 5.91 Å². The maximum atomic E-state index is 13.5. The van der Waals surface area contributed by atoms with E-state index < -0.39 is 124 Å². The first-order valence-corrected chi connectivity index (χ1v) is 42.8. The molecule has 3 aliphatic rings. The zero-order valence-electron chi connectivity index (χ0n) is 66.2. The zero-order chi connectivity index (χ0) is 76.7. The molecular weight excluding hydrogens is 1350 g/mol. The molecule has 19 nitrogen and oxygen atoms in total. The van der Waals surface area contributed by atoms with Crippen LogP contribution in [0.25, 0.3) is 0 Å². The van der Waals surface area contributed by atoms with Gasteiger partial charge in [-0.3, -0.25) is 4.79 Å². The van der Waals surface area contributed by atoms with Gasteiger partial charge in [0, 0.05) is 6.42 Å². The normalized spacial score (nSPS) is 26.1. The fraction of sp³-hybridized carbons (Fsp3) is 0.828. The summed E-state index contributed by atoms with van der Waals surface area (Å²) < 4.78 is 34.6. The monoisotopic (exact) mass is 1500 g/mol. The van der Waals surface area contributed by atoms with Gasteiger partial charge in [0.25, 0.3) is 0 Å². The molecule has 0 radical (unpaired) electrons. The van der Waals surface area contributed by atoms with Crippen LogP contribution in [0, 0.1) is 0 Å². The van der Waals surface area contributed by atoms with Crippen LogP contribution in [0.3, 0.4) is 0 Å². The lowest BCUT2D eigenvalue weighted by Gasteiger charge is -2.48. The van der Waals surface area contributed by atoms with Crippen molar-refractivity contribution in [3.8, 4) is 0 Å². The number of ether oxygens (including phenoxy) is 6. The second-order valence-corrected chi connectivity index (χ2v) is 30.3. The van der Waals surface area contributed by atoms with Gasteiger partial charge in [0.05, 0.1) is 38.6 Å². The Hall–Kier alpha value is -3.03. The number of aliphatic hydroxyl groups excluding tert-OH is 11. The van der Waals surface area contributed by atoms with E-state index in [2.05, 4.69) is 104 Å². The molecule has 3 saturated heterocycles. The van der Waals surface area contributed by atoms with Crippen LogP contribution >= 0.6 is 0 Å². The summed E-state index contributed by atoms with van der Waals surface area (Å²) in [5.74, 6) is -0.240. The summed E-state index contributed by atoms with van der Waals surface area (Å²) in [6.07, 6.45) is 62.5. The minimum absolute atomic E-state index is 0.240. The Balaban J connectivity index is 1.32. The molecule has 0 saturated carbocycles. The summed E-state index contributed by atoms with van der Waals surface area (Å²) in [6, 6.07) is -0.891. The lowest BCUT2D eigenvalue weighted by Crippen LogP contribution is -2.66. The molecule has 0 aromatic rings.